The highest BCUT2D eigenvalue weighted by Gasteiger charge is 2.15. The first-order valence-corrected chi connectivity index (χ1v) is 9.44. The lowest BCUT2D eigenvalue weighted by Gasteiger charge is -2.12. The van der Waals surface area contributed by atoms with E-state index in [1.807, 2.05) is 85.8 Å². The molecule has 0 aliphatic heterocycles. The Hall–Kier alpha value is -2.98. The highest BCUT2D eigenvalue weighted by atomic mass is 79.9. The van der Waals surface area contributed by atoms with Crippen molar-refractivity contribution in [3.63, 3.8) is 0 Å². The van der Waals surface area contributed by atoms with Crippen LogP contribution < -0.4 is 5.32 Å². The van der Waals surface area contributed by atoms with E-state index in [0.29, 0.717) is 5.56 Å². The number of nitrogens with zero attached hydrogens (tertiary/aromatic N) is 1. The summed E-state index contributed by atoms with van der Waals surface area (Å²) in [4.78, 5) is 17.8. The molecule has 0 aliphatic rings. The molecule has 4 aromatic rings. The minimum Gasteiger partial charge on any atom is -0.322 e. The molecule has 1 heterocycles. The summed E-state index contributed by atoms with van der Waals surface area (Å²) in [5, 5.41) is 3.87. The number of para-hydroxylation sites is 1. The number of nitrogens with one attached hydrogen (secondary N) is 1. The van der Waals surface area contributed by atoms with Crippen LogP contribution in [-0.4, -0.2) is 10.9 Å². The molecule has 0 spiro atoms. The van der Waals surface area contributed by atoms with Crippen LogP contribution in [0.1, 0.15) is 15.9 Å². The number of hydrogen-bond acceptors (Lipinski definition) is 2. The number of halogens is 1. The molecule has 3 aromatic carbocycles. The third kappa shape index (κ3) is 3.62. The molecular formula is C23H17BrN2O. The van der Waals surface area contributed by atoms with Crippen LogP contribution in [0.4, 0.5) is 5.69 Å². The number of anilines is 1. The molecule has 0 unspecified atom stereocenters. The second-order valence-corrected chi connectivity index (χ2v) is 7.27. The van der Waals surface area contributed by atoms with Crippen molar-refractivity contribution in [2.24, 2.45) is 0 Å². The van der Waals surface area contributed by atoms with Gasteiger partial charge in [0.05, 0.1) is 16.8 Å². The number of hydrogen-bond donors (Lipinski definition) is 1. The summed E-state index contributed by atoms with van der Waals surface area (Å²) in [5.74, 6) is -0.142. The Morgan fingerprint density at radius 1 is 0.926 bits per heavy atom. The monoisotopic (exact) mass is 416 g/mol. The predicted molar refractivity (Wildman–Crippen MR) is 114 cm³/mol. The van der Waals surface area contributed by atoms with Crippen LogP contribution in [0.3, 0.4) is 0 Å². The fourth-order valence-corrected chi connectivity index (χ4v) is 3.55. The first-order chi connectivity index (χ1) is 13.1. The van der Waals surface area contributed by atoms with Crippen molar-refractivity contribution in [3.8, 4) is 11.3 Å². The van der Waals surface area contributed by atoms with E-state index in [-0.39, 0.29) is 5.91 Å². The Morgan fingerprint density at radius 2 is 1.67 bits per heavy atom. The lowest BCUT2D eigenvalue weighted by molar-refractivity contribution is 0.102. The van der Waals surface area contributed by atoms with E-state index in [0.717, 1.165) is 37.9 Å². The third-order valence-corrected chi connectivity index (χ3v) is 4.96. The normalized spacial score (nSPS) is 10.7. The molecule has 4 heteroatoms. The van der Waals surface area contributed by atoms with Gasteiger partial charge in [0, 0.05) is 21.1 Å². The SMILES string of the molecule is Cc1cc(Br)ccc1NC(=O)c1cc(-c2ccccc2)nc2ccccc12. The van der Waals surface area contributed by atoms with Gasteiger partial charge in [-0.3, -0.25) is 4.79 Å². The molecular weight excluding hydrogens is 400 g/mol. The summed E-state index contributed by atoms with van der Waals surface area (Å²) < 4.78 is 0.985. The van der Waals surface area contributed by atoms with Crippen LogP contribution in [0.2, 0.25) is 0 Å². The molecule has 0 saturated heterocycles. The topological polar surface area (TPSA) is 42.0 Å². The summed E-state index contributed by atoms with van der Waals surface area (Å²) in [6, 6.07) is 25.3. The maximum atomic E-state index is 13.1. The Morgan fingerprint density at radius 3 is 2.44 bits per heavy atom. The van der Waals surface area contributed by atoms with Crippen LogP contribution in [0.25, 0.3) is 22.2 Å². The molecule has 0 radical (unpaired) electrons. The molecule has 0 saturated carbocycles. The van der Waals surface area contributed by atoms with Crippen molar-refractivity contribution < 1.29 is 4.79 Å². The lowest BCUT2D eigenvalue weighted by Crippen LogP contribution is -2.14. The van der Waals surface area contributed by atoms with Gasteiger partial charge in [-0.1, -0.05) is 64.5 Å². The van der Waals surface area contributed by atoms with Gasteiger partial charge < -0.3 is 5.32 Å². The number of amides is 1. The first-order valence-electron chi connectivity index (χ1n) is 8.64. The molecule has 0 bridgehead atoms. The van der Waals surface area contributed by atoms with Crippen molar-refractivity contribution >= 4 is 38.4 Å². The Balaban J connectivity index is 1.81. The van der Waals surface area contributed by atoms with Gasteiger partial charge in [0.25, 0.3) is 5.91 Å². The van der Waals surface area contributed by atoms with Crippen LogP contribution in [0.5, 0.6) is 0 Å². The largest absolute Gasteiger partial charge is 0.322 e. The summed E-state index contributed by atoms with van der Waals surface area (Å²) in [6.45, 7) is 1.97. The van der Waals surface area contributed by atoms with Crippen molar-refractivity contribution in [2.45, 2.75) is 6.92 Å². The van der Waals surface area contributed by atoms with E-state index in [1.165, 1.54) is 0 Å². The van der Waals surface area contributed by atoms with Gasteiger partial charge in [-0.25, -0.2) is 4.98 Å². The highest BCUT2D eigenvalue weighted by molar-refractivity contribution is 9.10. The summed E-state index contributed by atoms with van der Waals surface area (Å²) in [7, 11) is 0. The van der Waals surface area contributed by atoms with Crippen molar-refractivity contribution in [1.82, 2.24) is 4.98 Å². The minimum atomic E-state index is -0.142. The molecule has 27 heavy (non-hydrogen) atoms. The van der Waals surface area contributed by atoms with Gasteiger partial charge >= 0.3 is 0 Å². The lowest BCUT2D eigenvalue weighted by atomic mass is 10.0. The van der Waals surface area contributed by atoms with Gasteiger partial charge in [-0.2, -0.15) is 0 Å². The molecule has 0 fully saturated rings. The smallest absolute Gasteiger partial charge is 0.256 e. The Bertz CT molecular complexity index is 1140. The van der Waals surface area contributed by atoms with Gasteiger partial charge in [-0.05, 0) is 42.8 Å². The molecule has 0 aliphatic carbocycles. The van der Waals surface area contributed by atoms with Crippen molar-refractivity contribution in [3.05, 3.63) is 94.5 Å². The molecule has 132 valence electrons. The molecule has 4 rings (SSSR count). The zero-order valence-corrected chi connectivity index (χ0v) is 16.3. The maximum absolute atomic E-state index is 13.1. The van der Waals surface area contributed by atoms with Gasteiger partial charge in [0.2, 0.25) is 0 Å². The summed E-state index contributed by atoms with van der Waals surface area (Å²) >= 11 is 3.45. The molecule has 1 amide bonds. The number of fused-ring (bicyclic) bond motifs is 1. The fourth-order valence-electron chi connectivity index (χ4n) is 3.08. The predicted octanol–water partition coefficient (Wildman–Crippen LogP) is 6.23. The van der Waals surface area contributed by atoms with E-state index in [2.05, 4.69) is 21.2 Å². The second kappa shape index (κ2) is 7.33. The average Bonchev–Trinajstić information content (AvgIpc) is 2.70. The van der Waals surface area contributed by atoms with Crippen LogP contribution in [0, 0.1) is 6.92 Å². The molecule has 0 atom stereocenters. The van der Waals surface area contributed by atoms with E-state index in [4.69, 9.17) is 4.98 Å². The van der Waals surface area contributed by atoms with Crippen molar-refractivity contribution in [2.75, 3.05) is 5.32 Å². The highest BCUT2D eigenvalue weighted by Crippen LogP contribution is 2.26. The zero-order chi connectivity index (χ0) is 18.8. The van der Waals surface area contributed by atoms with Crippen LogP contribution in [0.15, 0.2) is 83.3 Å². The summed E-state index contributed by atoms with van der Waals surface area (Å²) in [5.41, 5.74) is 4.98. The van der Waals surface area contributed by atoms with E-state index < -0.39 is 0 Å². The fraction of sp³-hybridized carbons (Fsp3) is 0.0435. The molecule has 3 nitrogen and oxygen atoms in total. The third-order valence-electron chi connectivity index (χ3n) is 4.47. The number of aromatic nitrogens is 1. The minimum absolute atomic E-state index is 0.142. The van der Waals surface area contributed by atoms with E-state index in [9.17, 15) is 4.79 Å². The van der Waals surface area contributed by atoms with E-state index >= 15 is 0 Å². The maximum Gasteiger partial charge on any atom is 0.256 e. The number of aryl methyl sites for hydroxylation is 1. The van der Waals surface area contributed by atoms with Crippen molar-refractivity contribution in [1.29, 1.82) is 0 Å². The first kappa shape index (κ1) is 17.4. The number of benzene rings is 3. The number of carbonyl (C=O) groups excluding carboxylic acids is 1. The van der Waals surface area contributed by atoms with Crippen LogP contribution >= 0.6 is 15.9 Å². The second-order valence-electron chi connectivity index (χ2n) is 6.35. The van der Waals surface area contributed by atoms with Crippen LogP contribution in [-0.2, 0) is 0 Å². The Kier molecular flexibility index (Phi) is 4.73. The zero-order valence-electron chi connectivity index (χ0n) is 14.7. The van der Waals surface area contributed by atoms with Gasteiger partial charge in [0.1, 0.15) is 0 Å². The molecule has 1 aromatic heterocycles. The van der Waals surface area contributed by atoms with Gasteiger partial charge in [-0.15, -0.1) is 0 Å². The standard InChI is InChI=1S/C23H17BrN2O/c1-15-13-17(24)11-12-20(15)26-23(27)19-14-22(16-7-3-2-4-8-16)25-21-10-6-5-9-18(19)21/h2-14H,1H3,(H,26,27). The average molecular weight is 417 g/mol. The number of rotatable bonds is 3. The molecule has 1 N–H and O–H groups in total. The summed E-state index contributed by atoms with van der Waals surface area (Å²) in [6.07, 6.45) is 0. The van der Waals surface area contributed by atoms with E-state index in [1.54, 1.807) is 0 Å². The quantitative estimate of drug-likeness (QED) is 0.430. The number of carbonyl (C=O) groups is 1. The number of pyridine rings is 1. The Labute approximate surface area is 166 Å². The van der Waals surface area contributed by atoms with Gasteiger partial charge in [0.15, 0.2) is 0 Å².